The van der Waals surface area contributed by atoms with Crippen LogP contribution >= 0.6 is 11.6 Å². The fraction of sp³-hybridized carbons (Fsp3) is 0.0909. The molecule has 1 aromatic heterocycles. The number of carbonyl (C=O) groups is 3. The van der Waals surface area contributed by atoms with Crippen molar-refractivity contribution in [2.45, 2.75) is 0 Å². The molecule has 146 valence electrons. The minimum atomic E-state index is -0.727. The lowest BCUT2D eigenvalue weighted by Crippen LogP contribution is -2.32. The second kappa shape index (κ2) is 9.61. The van der Waals surface area contributed by atoms with E-state index in [2.05, 4.69) is 10.3 Å². The number of hydrogen-bond donors (Lipinski definition) is 1. The fourth-order valence-electron chi connectivity index (χ4n) is 2.53. The summed E-state index contributed by atoms with van der Waals surface area (Å²) in [6.07, 6.45) is 1.39. The van der Waals surface area contributed by atoms with Crippen molar-refractivity contribution < 1.29 is 19.1 Å². The Bertz CT molecular complexity index is 1020. The standard InChI is InChI=1S/C22H17ClN2O4/c23-18-10-11-24-19(12-18)22(28)25-13-21(27)29-14-20(26)17-8-6-16(7-9-17)15-4-2-1-3-5-15/h1-12H,13-14H2,(H,25,28). The van der Waals surface area contributed by atoms with E-state index in [1.165, 1.54) is 18.3 Å². The number of rotatable bonds is 7. The highest BCUT2D eigenvalue weighted by Crippen LogP contribution is 2.19. The van der Waals surface area contributed by atoms with Gasteiger partial charge in [0.05, 0.1) is 0 Å². The second-order valence-corrected chi connectivity index (χ2v) is 6.51. The molecule has 2 aromatic carbocycles. The molecule has 0 aliphatic heterocycles. The minimum Gasteiger partial charge on any atom is -0.456 e. The lowest BCUT2D eigenvalue weighted by Gasteiger charge is -2.07. The topological polar surface area (TPSA) is 85.4 Å². The molecule has 1 heterocycles. The summed E-state index contributed by atoms with van der Waals surface area (Å²) in [5.41, 5.74) is 2.55. The van der Waals surface area contributed by atoms with Crippen molar-refractivity contribution in [2.75, 3.05) is 13.2 Å². The van der Waals surface area contributed by atoms with Gasteiger partial charge in [0.25, 0.3) is 5.91 Å². The zero-order valence-electron chi connectivity index (χ0n) is 15.3. The Kier molecular flexibility index (Phi) is 6.71. The van der Waals surface area contributed by atoms with Crippen molar-refractivity contribution in [3.8, 4) is 11.1 Å². The third-order valence-corrected chi connectivity index (χ3v) is 4.26. The molecule has 0 spiro atoms. The van der Waals surface area contributed by atoms with Crippen LogP contribution in [0.15, 0.2) is 72.9 Å². The molecule has 0 bridgehead atoms. The van der Waals surface area contributed by atoms with Gasteiger partial charge in [0.2, 0.25) is 0 Å². The molecular weight excluding hydrogens is 392 g/mol. The average molecular weight is 409 g/mol. The Labute approximate surface area is 172 Å². The van der Waals surface area contributed by atoms with Crippen LogP contribution < -0.4 is 5.32 Å². The number of esters is 1. The second-order valence-electron chi connectivity index (χ2n) is 6.07. The highest BCUT2D eigenvalue weighted by atomic mass is 35.5. The zero-order chi connectivity index (χ0) is 20.6. The number of aromatic nitrogens is 1. The first kappa shape index (κ1) is 20.2. The Hall–Kier alpha value is -3.51. The van der Waals surface area contributed by atoms with Crippen molar-refractivity contribution in [1.29, 1.82) is 0 Å². The van der Waals surface area contributed by atoms with Crippen LogP contribution in [0.4, 0.5) is 0 Å². The summed E-state index contributed by atoms with van der Waals surface area (Å²) in [6, 6.07) is 19.7. The Morgan fingerprint density at radius 3 is 2.31 bits per heavy atom. The lowest BCUT2D eigenvalue weighted by atomic mass is 10.0. The van der Waals surface area contributed by atoms with Crippen LogP contribution in [-0.2, 0) is 9.53 Å². The molecular formula is C22H17ClN2O4. The van der Waals surface area contributed by atoms with Gasteiger partial charge in [-0.1, -0.05) is 66.2 Å². The molecule has 0 aliphatic carbocycles. The minimum absolute atomic E-state index is 0.0832. The molecule has 3 rings (SSSR count). The van der Waals surface area contributed by atoms with E-state index in [9.17, 15) is 14.4 Å². The normalized spacial score (nSPS) is 10.2. The number of ether oxygens (including phenoxy) is 1. The highest BCUT2D eigenvalue weighted by Gasteiger charge is 2.13. The summed E-state index contributed by atoms with van der Waals surface area (Å²) in [5.74, 6) is -1.62. The summed E-state index contributed by atoms with van der Waals surface area (Å²) in [7, 11) is 0. The number of pyridine rings is 1. The maximum atomic E-state index is 12.2. The van der Waals surface area contributed by atoms with Gasteiger partial charge in [0.15, 0.2) is 12.4 Å². The van der Waals surface area contributed by atoms with Crippen molar-refractivity contribution in [3.05, 3.63) is 89.2 Å². The fourth-order valence-corrected chi connectivity index (χ4v) is 2.69. The Morgan fingerprint density at radius 2 is 1.62 bits per heavy atom. The van der Waals surface area contributed by atoms with Gasteiger partial charge in [0.1, 0.15) is 12.2 Å². The molecule has 0 atom stereocenters. The van der Waals surface area contributed by atoms with Crippen LogP contribution in [0.3, 0.4) is 0 Å². The molecule has 0 saturated carbocycles. The first-order valence-corrected chi connectivity index (χ1v) is 9.15. The molecule has 0 unspecified atom stereocenters. The number of hydrogen-bond acceptors (Lipinski definition) is 5. The first-order valence-electron chi connectivity index (χ1n) is 8.77. The maximum absolute atomic E-state index is 12.2. The van der Waals surface area contributed by atoms with Gasteiger partial charge >= 0.3 is 5.97 Å². The number of nitrogens with one attached hydrogen (secondary N) is 1. The van der Waals surface area contributed by atoms with Crippen LogP contribution in [-0.4, -0.2) is 35.8 Å². The van der Waals surface area contributed by atoms with E-state index in [4.69, 9.17) is 16.3 Å². The predicted molar refractivity (Wildman–Crippen MR) is 109 cm³/mol. The van der Waals surface area contributed by atoms with Gasteiger partial charge in [0, 0.05) is 16.8 Å². The maximum Gasteiger partial charge on any atom is 0.325 e. The zero-order valence-corrected chi connectivity index (χ0v) is 16.1. The summed E-state index contributed by atoms with van der Waals surface area (Å²) in [5, 5.41) is 2.73. The van der Waals surface area contributed by atoms with E-state index < -0.39 is 18.5 Å². The largest absolute Gasteiger partial charge is 0.456 e. The predicted octanol–water partition coefficient (Wildman–Crippen LogP) is 3.56. The van der Waals surface area contributed by atoms with E-state index in [-0.39, 0.29) is 18.0 Å². The highest BCUT2D eigenvalue weighted by molar-refractivity contribution is 6.30. The summed E-state index contributed by atoms with van der Waals surface area (Å²) in [6.45, 7) is -0.790. The van der Waals surface area contributed by atoms with Crippen LogP contribution in [0, 0.1) is 0 Å². The number of Topliss-reactive ketones (excluding diaryl/α,β-unsaturated/α-hetero) is 1. The molecule has 7 heteroatoms. The molecule has 0 radical (unpaired) electrons. The van der Waals surface area contributed by atoms with Crippen molar-refractivity contribution >= 4 is 29.3 Å². The average Bonchev–Trinajstić information content (AvgIpc) is 2.76. The van der Waals surface area contributed by atoms with Gasteiger partial charge in [-0.2, -0.15) is 0 Å². The van der Waals surface area contributed by atoms with Gasteiger partial charge in [-0.25, -0.2) is 0 Å². The third-order valence-electron chi connectivity index (χ3n) is 4.03. The number of carbonyl (C=O) groups excluding carboxylic acids is 3. The molecule has 3 aromatic rings. The number of benzene rings is 2. The van der Waals surface area contributed by atoms with Gasteiger partial charge < -0.3 is 10.1 Å². The summed E-state index contributed by atoms with van der Waals surface area (Å²) in [4.78, 5) is 39.8. The van der Waals surface area contributed by atoms with Crippen molar-refractivity contribution in [2.24, 2.45) is 0 Å². The molecule has 0 fully saturated rings. The van der Waals surface area contributed by atoms with Crippen LogP contribution in [0.5, 0.6) is 0 Å². The van der Waals surface area contributed by atoms with E-state index in [1.807, 2.05) is 42.5 Å². The first-order chi connectivity index (χ1) is 14.0. The van der Waals surface area contributed by atoms with Crippen molar-refractivity contribution in [1.82, 2.24) is 10.3 Å². The molecule has 0 aliphatic rings. The Morgan fingerprint density at radius 1 is 0.931 bits per heavy atom. The van der Waals surface area contributed by atoms with E-state index in [1.54, 1.807) is 12.1 Å². The molecule has 6 nitrogen and oxygen atoms in total. The third kappa shape index (κ3) is 5.73. The monoisotopic (exact) mass is 408 g/mol. The number of halogens is 1. The van der Waals surface area contributed by atoms with Gasteiger partial charge in [-0.15, -0.1) is 0 Å². The van der Waals surface area contributed by atoms with E-state index in [0.29, 0.717) is 10.6 Å². The van der Waals surface area contributed by atoms with Crippen molar-refractivity contribution in [3.63, 3.8) is 0 Å². The smallest absolute Gasteiger partial charge is 0.325 e. The van der Waals surface area contributed by atoms with E-state index >= 15 is 0 Å². The SMILES string of the molecule is O=C(CNC(=O)c1cc(Cl)ccn1)OCC(=O)c1ccc(-c2ccccc2)cc1. The van der Waals surface area contributed by atoms with Crippen LogP contribution in [0.25, 0.3) is 11.1 Å². The van der Waals surface area contributed by atoms with Crippen LogP contribution in [0.2, 0.25) is 5.02 Å². The van der Waals surface area contributed by atoms with Crippen LogP contribution in [0.1, 0.15) is 20.8 Å². The molecule has 0 saturated heterocycles. The quantitative estimate of drug-likeness (QED) is 0.477. The Balaban J connectivity index is 1.47. The number of amides is 1. The molecule has 1 N–H and O–H groups in total. The summed E-state index contributed by atoms with van der Waals surface area (Å²) < 4.78 is 4.93. The number of nitrogens with zero attached hydrogens (tertiary/aromatic N) is 1. The van der Waals surface area contributed by atoms with Gasteiger partial charge in [-0.3, -0.25) is 19.4 Å². The molecule has 1 amide bonds. The molecule has 29 heavy (non-hydrogen) atoms. The lowest BCUT2D eigenvalue weighted by molar-refractivity contribution is -0.141. The summed E-state index contributed by atoms with van der Waals surface area (Å²) >= 11 is 5.79. The van der Waals surface area contributed by atoms with E-state index in [0.717, 1.165) is 11.1 Å². The number of ketones is 1. The van der Waals surface area contributed by atoms with Gasteiger partial charge in [-0.05, 0) is 23.3 Å².